The number of nitrogens with zero attached hydrogens (tertiary/aromatic N) is 3. The predicted octanol–water partition coefficient (Wildman–Crippen LogP) is 4.62. The molecule has 0 spiro atoms. The number of aryl methyl sites for hydroxylation is 2. The smallest absolute Gasteiger partial charge is 0.0901 e. The van der Waals surface area contributed by atoms with Gasteiger partial charge in [-0.1, -0.05) is 18.2 Å². The van der Waals surface area contributed by atoms with E-state index in [-0.39, 0.29) is 0 Å². The highest BCUT2D eigenvalue weighted by Crippen LogP contribution is 2.27. The van der Waals surface area contributed by atoms with Gasteiger partial charge in [-0.05, 0) is 51.0 Å². The molecule has 0 unspecified atom stereocenters. The van der Waals surface area contributed by atoms with Crippen LogP contribution in [0.1, 0.15) is 29.2 Å². The van der Waals surface area contributed by atoms with E-state index in [1.165, 1.54) is 29.8 Å². The van der Waals surface area contributed by atoms with Crippen molar-refractivity contribution < 1.29 is 0 Å². The highest BCUT2D eigenvalue weighted by molar-refractivity contribution is 7.09. The van der Waals surface area contributed by atoms with E-state index in [9.17, 15) is 0 Å². The van der Waals surface area contributed by atoms with Crippen LogP contribution in [0.5, 0.6) is 0 Å². The topological polar surface area (TPSA) is 41.0 Å². The Bertz CT molecular complexity index is 912. The molecule has 0 amide bonds. The van der Waals surface area contributed by atoms with Gasteiger partial charge in [-0.15, -0.1) is 11.3 Å². The fourth-order valence-electron chi connectivity index (χ4n) is 3.84. The van der Waals surface area contributed by atoms with Crippen LogP contribution in [0.15, 0.2) is 47.8 Å². The number of thiazole rings is 1. The Hall–Kier alpha value is -2.24. The van der Waals surface area contributed by atoms with E-state index in [0.717, 1.165) is 42.5 Å². The molecule has 0 atom stereocenters. The lowest BCUT2D eigenvalue weighted by Gasteiger charge is -2.34. The summed E-state index contributed by atoms with van der Waals surface area (Å²) in [5, 5.41) is 6.99. The van der Waals surface area contributed by atoms with Crippen molar-refractivity contribution in [2.45, 2.75) is 39.2 Å². The number of anilines is 1. The second-order valence-electron chi connectivity index (χ2n) is 7.54. The number of benzene rings is 1. The van der Waals surface area contributed by atoms with E-state index >= 15 is 0 Å². The minimum Gasteiger partial charge on any atom is -0.371 e. The van der Waals surface area contributed by atoms with Gasteiger partial charge in [0, 0.05) is 60.1 Å². The van der Waals surface area contributed by atoms with Crippen LogP contribution in [0.25, 0.3) is 11.3 Å². The normalized spacial score (nSPS) is 15.1. The Labute approximate surface area is 171 Å². The maximum Gasteiger partial charge on any atom is 0.0901 e. The van der Waals surface area contributed by atoms with Crippen molar-refractivity contribution in [2.75, 3.05) is 24.5 Å². The predicted molar refractivity (Wildman–Crippen MR) is 118 cm³/mol. The van der Waals surface area contributed by atoms with E-state index in [1.807, 2.05) is 0 Å². The average Bonchev–Trinajstić information content (AvgIpc) is 3.15. The molecule has 28 heavy (non-hydrogen) atoms. The zero-order valence-corrected chi connectivity index (χ0v) is 17.5. The molecular weight excluding hydrogens is 364 g/mol. The minimum absolute atomic E-state index is 0.602. The van der Waals surface area contributed by atoms with Crippen molar-refractivity contribution >= 4 is 17.0 Å². The molecule has 146 valence electrons. The largest absolute Gasteiger partial charge is 0.371 e. The Morgan fingerprint density at radius 1 is 1.07 bits per heavy atom. The summed E-state index contributed by atoms with van der Waals surface area (Å²) in [5.74, 6) is 0. The first kappa shape index (κ1) is 19.1. The molecule has 0 radical (unpaired) electrons. The van der Waals surface area contributed by atoms with Crippen LogP contribution in [0.4, 0.5) is 5.69 Å². The molecule has 0 aliphatic carbocycles. The Morgan fingerprint density at radius 2 is 1.89 bits per heavy atom. The molecule has 5 heteroatoms. The fourth-order valence-corrected chi connectivity index (χ4v) is 4.46. The highest BCUT2D eigenvalue weighted by Gasteiger charge is 2.19. The van der Waals surface area contributed by atoms with Crippen molar-refractivity contribution in [1.29, 1.82) is 0 Å². The zero-order valence-electron chi connectivity index (χ0n) is 16.7. The number of hydrogen-bond acceptors (Lipinski definition) is 5. The van der Waals surface area contributed by atoms with Gasteiger partial charge in [-0.2, -0.15) is 0 Å². The first-order valence-corrected chi connectivity index (χ1v) is 11.0. The van der Waals surface area contributed by atoms with Crippen LogP contribution >= 0.6 is 11.3 Å². The van der Waals surface area contributed by atoms with E-state index in [2.05, 4.69) is 81.9 Å². The van der Waals surface area contributed by atoms with E-state index in [4.69, 9.17) is 0 Å². The second kappa shape index (κ2) is 8.84. The standard InChI is InChI=1S/C23H28N4S/c1-17-5-3-7-21(25-17)9-12-24-20-10-13-27(14-11-20)22-8-4-6-19(15-22)23-16-28-18(2)26-23/h3-8,15-16,20,24H,9-14H2,1-2H3. The van der Waals surface area contributed by atoms with Crippen molar-refractivity contribution in [2.24, 2.45) is 0 Å². The van der Waals surface area contributed by atoms with Gasteiger partial charge in [0.15, 0.2) is 0 Å². The van der Waals surface area contributed by atoms with Crippen molar-refractivity contribution in [3.05, 3.63) is 64.2 Å². The molecular formula is C23H28N4S. The zero-order chi connectivity index (χ0) is 19.3. The van der Waals surface area contributed by atoms with Crippen LogP contribution < -0.4 is 10.2 Å². The summed E-state index contributed by atoms with van der Waals surface area (Å²) < 4.78 is 0. The summed E-state index contributed by atoms with van der Waals surface area (Å²) in [6.07, 6.45) is 3.36. The molecule has 1 saturated heterocycles. The van der Waals surface area contributed by atoms with Crippen LogP contribution in [0.3, 0.4) is 0 Å². The van der Waals surface area contributed by atoms with Crippen LogP contribution in [-0.4, -0.2) is 35.6 Å². The molecule has 2 aromatic heterocycles. The molecule has 3 heterocycles. The van der Waals surface area contributed by atoms with Gasteiger partial charge in [0.2, 0.25) is 0 Å². The molecule has 1 aliphatic heterocycles. The summed E-state index contributed by atoms with van der Waals surface area (Å²) in [6.45, 7) is 7.31. The summed E-state index contributed by atoms with van der Waals surface area (Å²) in [4.78, 5) is 11.7. The molecule has 1 aliphatic rings. The third-order valence-corrected chi connectivity index (χ3v) is 6.15. The Balaban J connectivity index is 1.28. The van der Waals surface area contributed by atoms with Crippen molar-refractivity contribution in [3.63, 3.8) is 0 Å². The van der Waals surface area contributed by atoms with Gasteiger partial charge in [-0.25, -0.2) is 4.98 Å². The maximum absolute atomic E-state index is 4.63. The van der Waals surface area contributed by atoms with Crippen LogP contribution in [0, 0.1) is 13.8 Å². The fraction of sp³-hybridized carbons (Fsp3) is 0.391. The number of rotatable bonds is 6. The number of piperidine rings is 1. The third-order valence-electron chi connectivity index (χ3n) is 5.38. The second-order valence-corrected chi connectivity index (χ2v) is 8.60. The summed E-state index contributed by atoms with van der Waals surface area (Å²) in [7, 11) is 0. The number of pyridine rings is 1. The quantitative estimate of drug-likeness (QED) is 0.664. The van der Waals surface area contributed by atoms with Crippen molar-refractivity contribution in [3.8, 4) is 11.3 Å². The molecule has 0 saturated carbocycles. The molecule has 1 fully saturated rings. The lowest BCUT2D eigenvalue weighted by atomic mass is 10.0. The summed E-state index contributed by atoms with van der Waals surface area (Å²) >= 11 is 1.71. The summed E-state index contributed by atoms with van der Waals surface area (Å²) in [6, 6.07) is 15.7. The summed E-state index contributed by atoms with van der Waals surface area (Å²) in [5.41, 5.74) is 5.89. The third kappa shape index (κ3) is 4.78. The molecule has 3 aromatic rings. The monoisotopic (exact) mass is 392 g/mol. The van der Waals surface area contributed by atoms with Gasteiger partial charge in [0.25, 0.3) is 0 Å². The molecule has 0 bridgehead atoms. The minimum atomic E-state index is 0.602. The van der Waals surface area contributed by atoms with Gasteiger partial charge >= 0.3 is 0 Å². The van der Waals surface area contributed by atoms with Gasteiger partial charge in [0.05, 0.1) is 10.7 Å². The molecule has 1 aromatic carbocycles. The molecule has 1 N–H and O–H groups in total. The van der Waals surface area contributed by atoms with Crippen molar-refractivity contribution in [1.82, 2.24) is 15.3 Å². The van der Waals surface area contributed by atoms with Crippen LogP contribution in [0.2, 0.25) is 0 Å². The van der Waals surface area contributed by atoms with E-state index in [0.29, 0.717) is 6.04 Å². The Morgan fingerprint density at radius 3 is 2.64 bits per heavy atom. The molecule has 4 nitrogen and oxygen atoms in total. The van der Waals surface area contributed by atoms with Gasteiger partial charge < -0.3 is 10.2 Å². The maximum atomic E-state index is 4.63. The molecule has 4 rings (SSSR count). The van der Waals surface area contributed by atoms with E-state index < -0.39 is 0 Å². The first-order valence-electron chi connectivity index (χ1n) is 10.1. The Kier molecular flexibility index (Phi) is 6.03. The number of hydrogen-bond donors (Lipinski definition) is 1. The average molecular weight is 393 g/mol. The highest BCUT2D eigenvalue weighted by atomic mass is 32.1. The SMILES string of the molecule is Cc1cccc(CCNC2CCN(c3cccc(-c4csc(C)n4)c3)CC2)n1. The van der Waals surface area contributed by atoms with Gasteiger partial charge in [-0.3, -0.25) is 4.98 Å². The van der Waals surface area contributed by atoms with Gasteiger partial charge in [0.1, 0.15) is 0 Å². The van der Waals surface area contributed by atoms with E-state index in [1.54, 1.807) is 11.3 Å². The lowest BCUT2D eigenvalue weighted by molar-refractivity contribution is 0.417. The first-order chi connectivity index (χ1) is 13.7. The lowest BCUT2D eigenvalue weighted by Crippen LogP contribution is -2.43. The number of nitrogens with one attached hydrogen (secondary N) is 1. The van der Waals surface area contributed by atoms with Crippen LogP contribution in [-0.2, 0) is 6.42 Å². The number of aromatic nitrogens is 2.